The first-order valence-corrected chi connectivity index (χ1v) is 7.76. The average molecular weight is 234 g/mol. The van der Waals surface area contributed by atoms with E-state index < -0.39 is 10.8 Å². The van der Waals surface area contributed by atoms with Gasteiger partial charge >= 0.3 is 0 Å². The smallest absolute Gasteiger partial charge is 0.0431 e. The van der Waals surface area contributed by atoms with Crippen molar-refractivity contribution in [2.45, 2.75) is 58.3 Å². The molecule has 0 bridgehead atoms. The highest BCUT2D eigenvalue weighted by atomic mass is 32.2. The standard InChI is InChI=1S/C12H26O2S/c1-2-3-4-5-6-8-11-15(14)12-9-7-10-13/h13H,2-12H2,1H3. The van der Waals surface area contributed by atoms with Crippen molar-refractivity contribution in [1.29, 1.82) is 0 Å². The molecule has 1 unspecified atom stereocenters. The summed E-state index contributed by atoms with van der Waals surface area (Å²) in [6, 6.07) is 0. The Kier molecular flexibility index (Phi) is 12.3. The van der Waals surface area contributed by atoms with Crippen molar-refractivity contribution in [2.24, 2.45) is 0 Å². The highest BCUT2D eigenvalue weighted by molar-refractivity contribution is 7.84. The minimum Gasteiger partial charge on any atom is -0.396 e. The fraction of sp³-hybridized carbons (Fsp3) is 1.00. The van der Waals surface area contributed by atoms with Crippen LogP contribution >= 0.6 is 0 Å². The molecule has 0 aliphatic rings. The monoisotopic (exact) mass is 234 g/mol. The zero-order valence-electron chi connectivity index (χ0n) is 10.0. The molecule has 0 fully saturated rings. The van der Waals surface area contributed by atoms with E-state index in [1.165, 1.54) is 32.1 Å². The summed E-state index contributed by atoms with van der Waals surface area (Å²) in [5.41, 5.74) is 0. The Labute approximate surface area is 96.9 Å². The van der Waals surface area contributed by atoms with E-state index in [-0.39, 0.29) is 6.61 Å². The second kappa shape index (κ2) is 12.2. The van der Waals surface area contributed by atoms with Gasteiger partial charge in [0, 0.05) is 28.9 Å². The Balaban J connectivity index is 3.10. The number of unbranched alkanes of at least 4 members (excludes halogenated alkanes) is 6. The first kappa shape index (κ1) is 15.1. The Morgan fingerprint density at radius 2 is 1.40 bits per heavy atom. The summed E-state index contributed by atoms with van der Waals surface area (Å²) in [6.45, 7) is 2.45. The maximum atomic E-state index is 11.4. The summed E-state index contributed by atoms with van der Waals surface area (Å²) in [4.78, 5) is 0. The second-order valence-corrected chi connectivity index (χ2v) is 5.74. The van der Waals surface area contributed by atoms with E-state index >= 15 is 0 Å². The molecule has 3 heteroatoms. The lowest BCUT2D eigenvalue weighted by Gasteiger charge is -2.02. The van der Waals surface area contributed by atoms with Gasteiger partial charge in [-0.1, -0.05) is 39.0 Å². The summed E-state index contributed by atoms with van der Waals surface area (Å²) in [5, 5.41) is 8.58. The minimum atomic E-state index is -0.640. The van der Waals surface area contributed by atoms with Gasteiger partial charge in [0.25, 0.3) is 0 Å². The molecule has 0 aliphatic carbocycles. The van der Waals surface area contributed by atoms with Crippen LogP contribution < -0.4 is 0 Å². The summed E-state index contributed by atoms with van der Waals surface area (Å²) in [5.74, 6) is 1.63. The molecule has 0 spiro atoms. The fourth-order valence-corrected chi connectivity index (χ4v) is 2.78. The molecular formula is C12H26O2S. The van der Waals surface area contributed by atoms with Crippen LogP contribution in [0.4, 0.5) is 0 Å². The molecule has 0 amide bonds. The molecule has 0 aromatic rings. The summed E-state index contributed by atoms with van der Waals surface area (Å²) < 4.78 is 11.4. The number of aliphatic hydroxyl groups is 1. The van der Waals surface area contributed by atoms with Crippen LogP contribution in [-0.4, -0.2) is 27.4 Å². The van der Waals surface area contributed by atoms with Gasteiger partial charge in [-0.15, -0.1) is 0 Å². The van der Waals surface area contributed by atoms with Crippen LogP contribution in [0.5, 0.6) is 0 Å². The van der Waals surface area contributed by atoms with Gasteiger partial charge in [-0.3, -0.25) is 4.21 Å². The molecule has 0 aromatic heterocycles. The topological polar surface area (TPSA) is 37.3 Å². The first-order valence-electron chi connectivity index (χ1n) is 6.27. The Bertz CT molecular complexity index is 149. The molecule has 1 N–H and O–H groups in total. The first-order chi connectivity index (χ1) is 7.31. The second-order valence-electron chi connectivity index (χ2n) is 4.05. The third-order valence-corrected chi connectivity index (χ3v) is 3.99. The largest absolute Gasteiger partial charge is 0.396 e. The Morgan fingerprint density at radius 1 is 0.867 bits per heavy atom. The molecule has 0 heterocycles. The van der Waals surface area contributed by atoms with Gasteiger partial charge in [-0.05, 0) is 19.3 Å². The van der Waals surface area contributed by atoms with E-state index in [1.807, 2.05) is 0 Å². The molecule has 0 aliphatic heterocycles. The van der Waals surface area contributed by atoms with Crippen molar-refractivity contribution in [3.8, 4) is 0 Å². The van der Waals surface area contributed by atoms with Crippen molar-refractivity contribution in [1.82, 2.24) is 0 Å². The van der Waals surface area contributed by atoms with E-state index in [0.717, 1.165) is 30.8 Å². The third kappa shape index (κ3) is 12.0. The predicted octanol–water partition coefficient (Wildman–Crippen LogP) is 2.87. The lowest BCUT2D eigenvalue weighted by Crippen LogP contribution is -2.03. The van der Waals surface area contributed by atoms with Crippen molar-refractivity contribution < 1.29 is 9.32 Å². The molecule has 15 heavy (non-hydrogen) atoms. The third-order valence-electron chi connectivity index (χ3n) is 2.51. The van der Waals surface area contributed by atoms with Crippen LogP contribution in [0.3, 0.4) is 0 Å². The van der Waals surface area contributed by atoms with Gasteiger partial charge in [0.1, 0.15) is 0 Å². The van der Waals surface area contributed by atoms with Crippen LogP contribution in [-0.2, 0) is 10.8 Å². The fourth-order valence-electron chi connectivity index (χ4n) is 1.52. The van der Waals surface area contributed by atoms with E-state index in [0.29, 0.717) is 0 Å². The Hall–Kier alpha value is 0.110. The van der Waals surface area contributed by atoms with Crippen LogP contribution in [0.25, 0.3) is 0 Å². The number of rotatable bonds is 11. The Morgan fingerprint density at radius 3 is 2.00 bits per heavy atom. The molecule has 0 aromatic carbocycles. The average Bonchev–Trinajstić information content (AvgIpc) is 2.23. The molecule has 0 radical (unpaired) electrons. The number of aliphatic hydroxyl groups excluding tert-OH is 1. The van der Waals surface area contributed by atoms with Crippen LogP contribution in [0.2, 0.25) is 0 Å². The summed E-state index contributed by atoms with van der Waals surface area (Å²) >= 11 is 0. The SMILES string of the molecule is CCCCCCCCS(=O)CCCCO. The number of hydrogen-bond donors (Lipinski definition) is 1. The highest BCUT2D eigenvalue weighted by Crippen LogP contribution is 2.06. The van der Waals surface area contributed by atoms with Gasteiger partial charge < -0.3 is 5.11 Å². The quantitative estimate of drug-likeness (QED) is 0.558. The molecular weight excluding hydrogens is 208 g/mol. The van der Waals surface area contributed by atoms with Crippen LogP contribution in [0.15, 0.2) is 0 Å². The molecule has 2 nitrogen and oxygen atoms in total. The molecule has 92 valence electrons. The van der Waals surface area contributed by atoms with E-state index in [1.54, 1.807) is 0 Å². The number of hydrogen-bond acceptors (Lipinski definition) is 2. The van der Waals surface area contributed by atoms with Crippen molar-refractivity contribution in [3.63, 3.8) is 0 Å². The molecule has 0 saturated heterocycles. The lowest BCUT2D eigenvalue weighted by atomic mass is 10.1. The van der Waals surface area contributed by atoms with Crippen molar-refractivity contribution in [3.05, 3.63) is 0 Å². The van der Waals surface area contributed by atoms with Gasteiger partial charge in [0.2, 0.25) is 0 Å². The van der Waals surface area contributed by atoms with Gasteiger partial charge in [-0.25, -0.2) is 0 Å². The van der Waals surface area contributed by atoms with Gasteiger partial charge in [0.05, 0.1) is 0 Å². The highest BCUT2D eigenvalue weighted by Gasteiger charge is 1.99. The van der Waals surface area contributed by atoms with E-state index in [9.17, 15) is 4.21 Å². The zero-order chi connectivity index (χ0) is 11.4. The predicted molar refractivity (Wildman–Crippen MR) is 67.6 cm³/mol. The maximum Gasteiger partial charge on any atom is 0.0431 e. The normalized spacial score (nSPS) is 12.9. The van der Waals surface area contributed by atoms with Crippen molar-refractivity contribution >= 4 is 10.8 Å². The minimum absolute atomic E-state index is 0.230. The van der Waals surface area contributed by atoms with Crippen LogP contribution in [0.1, 0.15) is 58.3 Å². The van der Waals surface area contributed by atoms with Gasteiger partial charge in [-0.2, -0.15) is 0 Å². The molecule has 0 rings (SSSR count). The van der Waals surface area contributed by atoms with Crippen molar-refractivity contribution in [2.75, 3.05) is 18.1 Å². The summed E-state index contributed by atoms with van der Waals surface area (Å²) in [6.07, 6.45) is 9.27. The van der Waals surface area contributed by atoms with Crippen LogP contribution in [0, 0.1) is 0 Å². The maximum absolute atomic E-state index is 11.4. The summed E-state index contributed by atoms with van der Waals surface area (Å²) in [7, 11) is -0.640. The molecule has 0 saturated carbocycles. The van der Waals surface area contributed by atoms with E-state index in [4.69, 9.17) is 5.11 Å². The van der Waals surface area contributed by atoms with E-state index in [2.05, 4.69) is 6.92 Å². The lowest BCUT2D eigenvalue weighted by molar-refractivity contribution is 0.287. The van der Waals surface area contributed by atoms with Gasteiger partial charge in [0.15, 0.2) is 0 Å². The zero-order valence-corrected chi connectivity index (χ0v) is 10.9. The molecule has 1 atom stereocenters.